The molecule has 0 amide bonds. The molecule has 1 fully saturated rings. The van der Waals surface area contributed by atoms with Gasteiger partial charge in [-0.1, -0.05) is 82.5 Å². The summed E-state index contributed by atoms with van der Waals surface area (Å²) in [5, 5.41) is 0. The Bertz CT molecular complexity index is 927. The van der Waals surface area contributed by atoms with E-state index in [0.29, 0.717) is 16.2 Å². The van der Waals surface area contributed by atoms with E-state index in [9.17, 15) is 0 Å². The van der Waals surface area contributed by atoms with Crippen LogP contribution in [0.1, 0.15) is 97.1 Å². The highest BCUT2D eigenvalue weighted by atomic mass is 14.6. The summed E-state index contributed by atoms with van der Waals surface area (Å²) >= 11 is 0. The van der Waals surface area contributed by atoms with Gasteiger partial charge in [-0.15, -0.1) is 0 Å². The van der Waals surface area contributed by atoms with Crippen LogP contribution in [0.2, 0.25) is 0 Å². The highest BCUT2D eigenvalue weighted by molar-refractivity contribution is 5.49. The standard InChI is InChI=1S/C31H44/c1-21-9-7-10-23(19-21)20-22(2)25-12-13-26-24-11-14-28-29(3,4)16-8-17-31(28,6)27(24)15-18-30(25,26)5/h7,9-10,13,19,22,25,28H,8,11-12,14-18,20H2,1-6H3/t22-,25-,28+,30-,31-/m1/s1. The van der Waals surface area contributed by atoms with Gasteiger partial charge >= 0.3 is 0 Å². The molecule has 1 aromatic rings. The van der Waals surface area contributed by atoms with Crippen molar-refractivity contribution in [3.63, 3.8) is 0 Å². The summed E-state index contributed by atoms with van der Waals surface area (Å²) in [5.74, 6) is 2.42. The van der Waals surface area contributed by atoms with Gasteiger partial charge < -0.3 is 0 Å². The Morgan fingerprint density at radius 1 is 1.00 bits per heavy atom. The van der Waals surface area contributed by atoms with E-state index in [1.54, 1.807) is 5.57 Å². The minimum absolute atomic E-state index is 0.398. The summed E-state index contributed by atoms with van der Waals surface area (Å²) in [7, 11) is 0. The molecule has 0 saturated heterocycles. The topological polar surface area (TPSA) is 0 Å². The molecule has 0 bridgehead atoms. The zero-order valence-electron chi connectivity index (χ0n) is 21.0. The number of hydrogen-bond acceptors (Lipinski definition) is 0. The summed E-state index contributed by atoms with van der Waals surface area (Å²) in [6.45, 7) is 15.2. The van der Waals surface area contributed by atoms with Crippen LogP contribution in [0.4, 0.5) is 0 Å². The van der Waals surface area contributed by atoms with Gasteiger partial charge in [0.1, 0.15) is 0 Å². The first-order valence-electron chi connectivity index (χ1n) is 13.1. The highest BCUT2D eigenvalue weighted by Crippen LogP contribution is 2.66. The van der Waals surface area contributed by atoms with E-state index in [0.717, 1.165) is 17.8 Å². The molecule has 5 atom stereocenters. The Morgan fingerprint density at radius 2 is 1.81 bits per heavy atom. The van der Waals surface area contributed by atoms with Gasteiger partial charge in [-0.05, 0) is 109 Å². The van der Waals surface area contributed by atoms with Crippen LogP contribution in [0.15, 0.2) is 47.1 Å². The van der Waals surface area contributed by atoms with E-state index in [4.69, 9.17) is 0 Å². The van der Waals surface area contributed by atoms with Crippen LogP contribution in [0.5, 0.6) is 0 Å². The SMILES string of the molecule is Cc1cccc(C[C@@H](C)[C@H]2CC=C3C4=C(CC[C@@]32C)[C@@]2(C)CCCC(C)(C)[C@@H]2CC4)c1. The fourth-order valence-electron chi connectivity index (χ4n) is 9.03. The predicted octanol–water partition coefficient (Wildman–Crippen LogP) is 8.84. The monoisotopic (exact) mass is 416 g/mol. The van der Waals surface area contributed by atoms with Gasteiger partial charge in [0.25, 0.3) is 0 Å². The van der Waals surface area contributed by atoms with Crippen LogP contribution in [0.3, 0.4) is 0 Å². The van der Waals surface area contributed by atoms with Crippen LogP contribution >= 0.6 is 0 Å². The largest absolute Gasteiger partial charge is 0.0802 e. The molecular formula is C31H44. The third kappa shape index (κ3) is 3.30. The quantitative estimate of drug-likeness (QED) is 0.461. The maximum Gasteiger partial charge on any atom is -0.00388 e. The molecule has 4 aliphatic carbocycles. The van der Waals surface area contributed by atoms with Crippen LogP contribution in [-0.2, 0) is 6.42 Å². The first kappa shape index (κ1) is 21.5. The van der Waals surface area contributed by atoms with E-state index in [-0.39, 0.29) is 0 Å². The average Bonchev–Trinajstić information content (AvgIpc) is 3.05. The van der Waals surface area contributed by atoms with Crippen molar-refractivity contribution in [2.24, 2.45) is 34.0 Å². The van der Waals surface area contributed by atoms with Crippen LogP contribution in [-0.4, -0.2) is 0 Å². The molecule has 0 heterocycles. The van der Waals surface area contributed by atoms with Crippen molar-refractivity contribution in [1.29, 1.82) is 0 Å². The number of rotatable bonds is 3. The molecular weight excluding hydrogens is 372 g/mol. The first-order valence-corrected chi connectivity index (χ1v) is 13.1. The second-order valence-electron chi connectivity index (χ2n) is 12.9. The average molecular weight is 417 g/mol. The van der Waals surface area contributed by atoms with Crippen LogP contribution < -0.4 is 0 Å². The molecule has 5 rings (SSSR count). The normalized spacial score (nSPS) is 37.5. The predicted molar refractivity (Wildman–Crippen MR) is 133 cm³/mol. The van der Waals surface area contributed by atoms with Crippen molar-refractivity contribution < 1.29 is 0 Å². The molecule has 168 valence electrons. The fourth-order valence-corrected chi connectivity index (χ4v) is 9.03. The van der Waals surface area contributed by atoms with Crippen molar-refractivity contribution >= 4 is 0 Å². The van der Waals surface area contributed by atoms with Crippen molar-refractivity contribution in [3.05, 3.63) is 58.2 Å². The lowest BCUT2D eigenvalue weighted by molar-refractivity contribution is 0.00601. The van der Waals surface area contributed by atoms with Crippen molar-refractivity contribution in [2.45, 2.75) is 99.3 Å². The lowest BCUT2D eigenvalue weighted by Crippen LogP contribution is -2.47. The Hall–Kier alpha value is -1.30. The highest BCUT2D eigenvalue weighted by Gasteiger charge is 2.55. The van der Waals surface area contributed by atoms with Crippen LogP contribution in [0, 0.1) is 40.9 Å². The maximum atomic E-state index is 2.70. The van der Waals surface area contributed by atoms with Gasteiger partial charge in [0, 0.05) is 0 Å². The van der Waals surface area contributed by atoms with E-state index in [1.165, 1.54) is 68.9 Å². The molecule has 0 radical (unpaired) electrons. The van der Waals surface area contributed by atoms with Crippen molar-refractivity contribution in [1.82, 2.24) is 0 Å². The molecule has 0 aromatic heterocycles. The van der Waals surface area contributed by atoms with E-state index in [2.05, 4.69) is 71.9 Å². The zero-order chi connectivity index (χ0) is 22.0. The van der Waals surface area contributed by atoms with Gasteiger partial charge in [-0.3, -0.25) is 0 Å². The molecule has 0 N–H and O–H groups in total. The molecule has 0 nitrogen and oxygen atoms in total. The zero-order valence-corrected chi connectivity index (χ0v) is 21.0. The molecule has 31 heavy (non-hydrogen) atoms. The number of hydrogen-bond donors (Lipinski definition) is 0. The molecule has 1 aromatic carbocycles. The number of fused-ring (bicyclic) bond motifs is 4. The summed E-state index contributed by atoms with van der Waals surface area (Å²) in [6.07, 6.45) is 15.0. The molecule has 4 aliphatic rings. The van der Waals surface area contributed by atoms with Gasteiger partial charge in [0.05, 0.1) is 0 Å². The van der Waals surface area contributed by atoms with E-state index in [1.807, 2.05) is 11.1 Å². The summed E-state index contributed by atoms with van der Waals surface area (Å²) in [6, 6.07) is 9.20. The molecule has 0 unspecified atom stereocenters. The lowest BCUT2D eigenvalue weighted by Gasteiger charge is -2.58. The molecule has 1 saturated carbocycles. The summed E-state index contributed by atoms with van der Waals surface area (Å²) < 4.78 is 0. The third-order valence-corrected chi connectivity index (χ3v) is 10.5. The molecule has 0 spiro atoms. The van der Waals surface area contributed by atoms with Gasteiger partial charge in [0.15, 0.2) is 0 Å². The maximum absolute atomic E-state index is 2.70. The van der Waals surface area contributed by atoms with Gasteiger partial charge in [-0.2, -0.15) is 0 Å². The smallest absolute Gasteiger partial charge is 0.00388 e. The third-order valence-electron chi connectivity index (χ3n) is 10.5. The Labute approximate surface area is 191 Å². The van der Waals surface area contributed by atoms with E-state index >= 15 is 0 Å². The van der Waals surface area contributed by atoms with Crippen molar-refractivity contribution in [3.8, 4) is 0 Å². The Kier molecular flexibility index (Phi) is 5.11. The van der Waals surface area contributed by atoms with E-state index < -0.39 is 0 Å². The second kappa shape index (κ2) is 7.36. The summed E-state index contributed by atoms with van der Waals surface area (Å²) in [4.78, 5) is 0. The second-order valence-corrected chi connectivity index (χ2v) is 12.9. The molecule has 0 heteroatoms. The summed E-state index contributed by atoms with van der Waals surface area (Å²) in [5.41, 5.74) is 9.81. The minimum Gasteiger partial charge on any atom is -0.0802 e. The Balaban J connectivity index is 1.43. The lowest BCUT2D eigenvalue weighted by atomic mass is 9.47. The van der Waals surface area contributed by atoms with Gasteiger partial charge in [0.2, 0.25) is 0 Å². The number of allylic oxidation sites excluding steroid dienone is 4. The Morgan fingerprint density at radius 3 is 2.58 bits per heavy atom. The fraction of sp³-hybridized carbons (Fsp3) is 0.677. The first-order chi connectivity index (χ1) is 14.6. The number of aryl methyl sites for hydroxylation is 1. The molecule has 0 aliphatic heterocycles. The van der Waals surface area contributed by atoms with Crippen molar-refractivity contribution in [2.75, 3.05) is 0 Å². The number of benzene rings is 1. The van der Waals surface area contributed by atoms with Gasteiger partial charge in [-0.25, -0.2) is 0 Å². The minimum atomic E-state index is 0.398. The van der Waals surface area contributed by atoms with Crippen LogP contribution in [0.25, 0.3) is 0 Å².